The van der Waals surface area contributed by atoms with Crippen LogP contribution in [0.15, 0.2) is 77.7 Å². The number of urea groups is 1. The van der Waals surface area contributed by atoms with E-state index in [9.17, 15) is 4.79 Å². The highest BCUT2D eigenvalue weighted by atomic mass is 32.2. The highest BCUT2D eigenvalue weighted by Crippen LogP contribution is 2.40. The lowest BCUT2D eigenvalue weighted by Gasteiger charge is -2.27. The number of amides is 2. The molecule has 1 aliphatic carbocycles. The van der Waals surface area contributed by atoms with Crippen LogP contribution in [0.3, 0.4) is 0 Å². The lowest BCUT2D eigenvalue weighted by Crippen LogP contribution is -2.40. The molecule has 1 saturated carbocycles. The van der Waals surface area contributed by atoms with Crippen molar-refractivity contribution in [2.45, 2.75) is 75.5 Å². The quantitative estimate of drug-likeness (QED) is 0.246. The van der Waals surface area contributed by atoms with Crippen LogP contribution in [-0.2, 0) is 0 Å². The Morgan fingerprint density at radius 1 is 0.800 bits per heavy atom. The molecule has 0 saturated heterocycles. The molecule has 35 heavy (non-hydrogen) atoms. The molecule has 3 nitrogen and oxygen atoms in total. The maximum absolute atomic E-state index is 13.4. The van der Waals surface area contributed by atoms with Crippen molar-refractivity contribution in [1.82, 2.24) is 5.32 Å². The van der Waals surface area contributed by atoms with Crippen LogP contribution in [0.5, 0.6) is 0 Å². The molecule has 3 aromatic carbocycles. The Bertz CT molecular complexity index is 1090. The van der Waals surface area contributed by atoms with Crippen LogP contribution in [0.1, 0.15) is 76.3 Å². The van der Waals surface area contributed by atoms with Gasteiger partial charge in [0.05, 0.1) is 5.37 Å². The Kier molecular flexibility index (Phi) is 8.56. The molecule has 0 heterocycles. The third kappa shape index (κ3) is 6.29. The molecule has 0 aromatic heterocycles. The van der Waals surface area contributed by atoms with Gasteiger partial charge in [-0.15, -0.1) is 11.8 Å². The predicted molar refractivity (Wildman–Crippen MR) is 150 cm³/mol. The molecule has 0 aliphatic heterocycles. The molecular weight excluding hydrogens is 448 g/mol. The molecule has 0 bridgehead atoms. The van der Waals surface area contributed by atoms with Gasteiger partial charge in [-0.1, -0.05) is 107 Å². The first-order valence-electron chi connectivity index (χ1n) is 13.0. The minimum Gasteiger partial charge on any atom is -0.325 e. The van der Waals surface area contributed by atoms with E-state index in [1.54, 1.807) is 11.8 Å². The summed E-state index contributed by atoms with van der Waals surface area (Å²) in [6.45, 7) is 8.72. The van der Waals surface area contributed by atoms with E-state index >= 15 is 0 Å². The van der Waals surface area contributed by atoms with E-state index in [1.165, 1.54) is 40.0 Å². The third-order valence-electron chi connectivity index (χ3n) is 6.94. The SMILES string of the molecule is CC(C)c1cccc(C(C)C)c1NC(=O)NC(Sc1ccccc1-c1ccccc1)C1CCCC1. The zero-order chi connectivity index (χ0) is 24.8. The summed E-state index contributed by atoms with van der Waals surface area (Å²) in [4.78, 5) is 14.6. The monoisotopic (exact) mass is 486 g/mol. The molecule has 1 fully saturated rings. The standard InChI is InChI=1S/C31H38N2OS/c1-21(2)25-18-12-19-26(22(3)4)29(25)32-31(34)33-30(24-15-8-9-16-24)35-28-20-11-10-17-27(28)23-13-6-5-7-14-23/h5-7,10-14,17-22,24,30H,8-9,15-16H2,1-4H3,(H2,32,33,34). The van der Waals surface area contributed by atoms with Gasteiger partial charge in [0.25, 0.3) is 0 Å². The predicted octanol–water partition coefficient (Wildman–Crippen LogP) is 9.03. The molecule has 0 radical (unpaired) electrons. The van der Waals surface area contributed by atoms with Crippen molar-refractivity contribution in [1.29, 1.82) is 0 Å². The largest absolute Gasteiger partial charge is 0.325 e. The summed E-state index contributed by atoms with van der Waals surface area (Å²) in [6.07, 6.45) is 4.79. The van der Waals surface area contributed by atoms with E-state index in [2.05, 4.69) is 105 Å². The van der Waals surface area contributed by atoms with Gasteiger partial charge < -0.3 is 10.6 Å². The van der Waals surface area contributed by atoms with Crippen LogP contribution in [0.25, 0.3) is 11.1 Å². The molecule has 1 aliphatic rings. The number of thioether (sulfide) groups is 1. The molecule has 4 heteroatoms. The van der Waals surface area contributed by atoms with Crippen molar-refractivity contribution in [3.63, 3.8) is 0 Å². The lowest BCUT2D eigenvalue weighted by molar-refractivity contribution is 0.248. The van der Waals surface area contributed by atoms with E-state index < -0.39 is 0 Å². The van der Waals surface area contributed by atoms with Gasteiger partial charge >= 0.3 is 6.03 Å². The second-order valence-electron chi connectivity index (χ2n) is 10.2. The summed E-state index contributed by atoms with van der Waals surface area (Å²) < 4.78 is 0. The van der Waals surface area contributed by atoms with E-state index in [4.69, 9.17) is 0 Å². The van der Waals surface area contributed by atoms with E-state index in [0.717, 1.165) is 18.5 Å². The Morgan fingerprint density at radius 2 is 1.40 bits per heavy atom. The fourth-order valence-corrected chi connectivity index (χ4v) is 6.41. The van der Waals surface area contributed by atoms with E-state index in [1.807, 2.05) is 6.07 Å². The Hall–Kier alpha value is -2.72. The summed E-state index contributed by atoms with van der Waals surface area (Å²) in [5.41, 5.74) is 5.76. The first-order valence-corrected chi connectivity index (χ1v) is 13.8. The smallest absolute Gasteiger partial charge is 0.320 e. The van der Waals surface area contributed by atoms with E-state index in [0.29, 0.717) is 17.8 Å². The van der Waals surface area contributed by atoms with Gasteiger partial charge in [-0.05, 0) is 58.9 Å². The van der Waals surface area contributed by atoms with Crippen molar-refractivity contribution in [3.05, 3.63) is 83.9 Å². The molecule has 2 N–H and O–H groups in total. The minimum atomic E-state index is -0.110. The number of para-hydroxylation sites is 1. The van der Waals surface area contributed by atoms with Gasteiger partial charge in [0.2, 0.25) is 0 Å². The summed E-state index contributed by atoms with van der Waals surface area (Å²) >= 11 is 1.80. The number of carbonyl (C=O) groups is 1. The van der Waals surface area contributed by atoms with Crippen LogP contribution < -0.4 is 10.6 Å². The van der Waals surface area contributed by atoms with Crippen molar-refractivity contribution >= 4 is 23.5 Å². The van der Waals surface area contributed by atoms with Crippen LogP contribution in [-0.4, -0.2) is 11.4 Å². The second-order valence-corrected chi connectivity index (χ2v) is 11.3. The van der Waals surface area contributed by atoms with Gasteiger partial charge in [-0.2, -0.15) is 0 Å². The molecule has 2 amide bonds. The van der Waals surface area contributed by atoms with Crippen LogP contribution in [0, 0.1) is 5.92 Å². The zero-order valence-corrected chi connectivity index (χ0v) is 22.2. The van der Waals surface area contributed by atoms with Crippen LogP contribution in [0.4, 0.5) is 10.5 Å². The first kappa shape index (κ1) is 25.4. The van der Waals surface area contributed by atoms with Gasteiger partial charge in [0, 0.05) is 10.6 Å². The average molecular weight is 487 g/mol. The number of hydrogen-bond acceptors (Lipinski definition) is 2. The first-order chi connectivity index (χ1) is 16.9. The number of nitrogens with one attached hydrogen (secondary N) is 2. The Labute approximate surface area is 215 Å². The van der Waals surface area contributed by atoms with Crippen molar-refractivity contribution < 1.29 is 4.79 Å². The number of rotatable bonds is 8. The summed E-state index contributed by atoms with van der Waals surface area (Å²) in [5.74, 6) is 1.14. The van der Waals surface area contributed by atoms with E-state index in [-0.39, 0.29) is 11.4 Å². The van der Waals surface area contributed by atoms with Crippen LogP contribution >= 0.6 is 11.8 Å². The molecule has 184 valence electrons. The molecule has 0 spiro atoms. The summed E-state index contributed by atoms with van der Waals surface area (Å²) in [6, 6.07) is 25.3. The maximum atomic E-state index is 13.4. The molecule has 4 rings (SSSR count). The summed E-state index contributed by atoms with van der Waals surface area (Å²) in [7, 11) is 0. The van der Waals surface area contributed by atoms with Crippen molar-refractivity contribution in [2.75, 3.05) is 5.32 Å². The number of anilines is 1. The molecule has 1 atom stereocenters. The fraction of sp³-hybridized carbons (Fsp3) is 0.387. The molecular formula is C31H38N2OS. The Morgan fingerprint density at radius 3 is 2.03 bits per heavy atom. The Balaban J connectivity index is 1.59. The van der Waals surface area contributed by atoms with Gasteiger partial charge in [0.1, 0.15) is 0 Å². The molecule has 1 unspecified atom stereocenters. The lowest BCUT2D eigenvalue weighted by atomic mass is 9.93. The molecule has 3 aromatic rings. The van der Waals surface area contributed by atoms with Gasteiger partial charge in [-0.25, -0.2) is 4.79 Å². The normalized spacial score (nSPS) is 14.9. The highest BCUT2D eigenvalue weighted by molar-refractivity contribution is 8.00. The average Bonchev–Trinajstić information content (AvgIpc) is 3.39. The number of benzene rings is 3. The number of hydrogen-bond donors (Lipinski definition) is 2. The topological polar surface area (TPSA) is 41.1 Å². The second kappa shape index (κ2) is 11.8. The zero-order valence-electron chi connectivity index (χ0n) is 21.4. The highest BCUT2D eigenvalue weighted by Gasteiger charge is 2.28. The van der Waals surface area contributed by atoms with Gasteiger partial charge in [-0.3, -0.25) is 0 Å². The maximum Gasteiger partial charge on any atom is 0.320 e. The third-order valence-corrected chi connectivity index (χ3v) is 8.31. The fourth-order valence-electron chi connectivity index (χ4n) is 5.04. The summed E-state index contributed by atoms with van der Waals surface area (Å²) in [5, 5.41) is 6.67. The van der Waals surface area contributed by atoms with Crippen LogP contribution in [0.2, 0.25) is 0 Å². The van der Waals surface area contributed by atoms with Gasteiger partial charge in [0.15, 0.2) is 0 Å². The van der Waals surface area contributed by atoms with Crippen molar-refractivity contribution in [2.24, 2.45) is 5.92 Å². The minimum absolute atomic E-state index is 0.0241. The van der Waals surface area contributed by atoms with Crippen molar-refractivity contribution in [3.8, 4) is 11.1 Å². The number of carbonyl (C=O) groups excluding carboxylic acids is 1.